The number of fused-ring (bicyclic) bond motifs is 3. The Morgan fingerprint density at radius 3 is 2.96 bits per heavy atom. The third kappa shape index (κ3) is 3.67. The topological polar surface area (TPSA) is 66.1 Å². The number of rotatable bonds is 6. The molecule has 1 N–H and O–H groups in total. The molecule has 0 spiro atoms. The van der Waals surface area contributed by atoms with Gasteiger partial charge < -0.3 is 9.88 Å². The lowest BCUT2D eigenvalue weighted by molar-refractivity contribution is -0.129. The first-order chi connectivity index (χ1) is 11.6. The summed E-state index contributed by atoms with van der Waals surface area (Å²) >= 11 is 3.32. The zero-order valence-corrected chi connectivity index (χ0v) is 15.8. The van der Waals surface area contributed by atoms with Gasteiger partial charge in [-0.15, -0.1) is 11.3 Å². The molecule has 3 rings (SSSR count). The van der Waals surface area contributed by atoms with Gasteiger partial charge in [-0.1, -0.05) is 0 Å². The molecule has 7 heteroatoms. The van der Waals surface area contributed by atoms with Gasteiger partial charge in [0.05, 0.1) is 11.1 Å². The zero-order chi connectivity index (χ0) is 17.1. The maximum Gasteiger partial charge on any atom is 0.259 e. The molecule has 0 fully saturated rings. The van der Waals surface area contributed by atoms with Crippen LogP contribution in [0.5, 0.6) is 0 Å². The number of aromatic nitrogens is 2. The van der Waals surface area contributed by atoms with Crippen molar-refractivity contribution >= 4 is 39.2 Å². The van der Waals surface area contributed by atoms with Crippen LogP contribution in [0.25, 0.3) is 10.2 Å². The van der Waals surface area contributed by atoms with Crippen molar-refractivity contribution in [3.05, 3.63) is 26.6 Å². The van der Waals surface area contributed by atoms with Crippen molar-refractivity contribution in [1.82, 2.24) is 14.9 Å². The van der Waals surface area contributed by atoms with Gasteiger partial charge in [0.1, 0.15) is 10.7 Å². The highest BCUT2D eigenvalue weighted by molar-refractivity contribution is 7.98. The fraction of sp³-hybridized carbons (Fsp3) is 0.588. The second-order valence-corrected chi connectivity index (χ2v) is 8.30. The summed E-state index contributed by atoms with van der Waals surface area (Å²) < 4.78 is 0. The molecule has 0 saturated heterocycles. The number of nitrogens with zero attached hydrogens (tertiary/aromatic N) is 2. The predicted molar refractivity (Wildman–Crippen MR) is 101 cm³/mol. The standard InChI is InChI=1S/C17H23N3O2S2/c1-3-20(2)14(21)8-9-23-10-13-18-16(22)15-11-6-4-5-7-12(11)24-17(15)19-13/h3-10H2,1-2H3,(H,18,19,22). The molecule has 0 bridgehead atoms. The number of thiophene rings is 1. The van der Waals surface area contributed by atoms with E-state index in [4.69, 9.17) is 0 Å². The van der Waals surface area contributed by atoms with Crippen LogP contribution in [0.15, 0.2) is 4.79 Å². The Labute approximate surface area is 149 Å². The average molecular weight is 366 g/mol. The second kappa shape index (κ2) is 7.70. The number of H-pyrrole nitrogens is 1. The number of aromatic amines is 1. The summed E-state index contributed by atoms with van der Waals surface area (Å²) in [5.41, 5.74) is 1.22. The normalized spacial score (nSPS) is 13.9. The van der Waals surface area contributed by atoms with Crippen LogP contribution in [0, 0.1) is 0 Å². The molecule has 5 nitrogen and oxygen atoms in total. The van der Waals surface area contributed by atoms with E-state index in [0.29, 0.717) is 18.0 Å². The summed E-state index contributed by atoms with van der Waals surface area (Å²) in [6.45, 7) is 2.70. The van der Waals surface area contributed by atoms with Gasteiger partial charge in [-0.25, -0.2) is 4.98 Å². The lowest BCUT2D eigenvalue weighted by Crippen LogP contribution is -2.26. The van der Waals surface area contributed by atoms with E-state index in [2.05, 4.69) is 9.97 Å². The van der Waals surface area contributed by atoms with Crippen LogP contribution in [0.3, 0.4) is 0 Å². The highest BCUT2D eigenvalue weighted by atomic mass is 32.2. The molecule has 0 atom stereocenters. The van der Waals surface area contributed by atoms with Crippen molar-refractivity contribution in [3.63, 3.8) is 0 Å². The Bertz CT molecular complexity index is 797. The van der Waals surface area contributed by atoms with Gasteiger partial charge in [0, 0.05) is 30.6 Å². The molecule has 2 aromatic heterocycles. The molecule has 130 valence electrons. The highest BCUT2D eigenvalue weighted by Gasteiger charge is 2.19. The van der Waals surface area contributed by atoms with Gasteiger partial charge >= 0.3 is 0 Å². The summed E-state index contributed by atoms with van der Waals surface area (Å²) in [4.78, 5) is 35.7. The molecule has 24 heavy (non-hydrogen) atoms. The number of carbonyl (C=O) groups excluding carboxylic acids is 1. The van der Waals surface area contributed by atoms with Crippen LogP contribution < -0.4 is 5.56 Å². The number of hydrogen-bond acceptors (Lipinski definition) is 5. The van der Waals surface area contributed by atoms with Gasteiger partial charge in [-0.2, -0.15) is 11.8 Å². The first-order valence-electron chi connectivity index (χ1n) is 8.45. The van der Waals surface area contributed by atoms with E-state index in [1.807, 2.05) is 14.0 Å². The largest absolute Gasteiger partial charge is 0.346 e. The average Bonchev–Trinajstić information content (AvgIpc) is 2.96. The lowest BCUT2D eigenvalue weighted by Gasteiger charge is -2.13. The zero-order valence-electron chi connectivity index (χ0n) is 14.2. The fourth-order valence-corrected chi connectivity index (χ4v) is 5.05. The molecule has 1 aliphatic carbocycles. The second-order valence-electron chi connectivity index (χ2n) is 6.11. The number of hydrogen-bond donors (Lipinski definition) is 1. The molecule has 2 aromatic rings. The fourth-order valence-electron chi connectivity index (χ4n) is 2.97. The van der Waals surface area contributed by atoms with E-state index in [1.54, 1.807) is 28.0 Å². The van der Waals surface area contributed by atoms with Crippen LogP contribution in [0.2, 0.25) is 0 Å². The predicted octanol–water partition coefficient (Wildman–Crippen LogP) is 2.97. The summed E-state index contributed by atoms with van der Waals surface area (Å²) in [5, 5.41) is 0.809. The van der Waals surface area contributed by atoms with E-state index < -0.39 is 0 Å². The third-order valence-electron chi connectivity index (χ3n) is 4.47. The Hall–Kier alpha value is -1.34. The van der Waals surface area contributed by atoms with Crippen LogP contribution in [-0.4, -0.2) is 40.1 Å². The van der Waals surface area contributed by atoms with E-state index in [9.17, 15) is 9.59 Å². The van der Waals surface area contributed by atoms with Crippen LogP contribution in [-0.2, 0) is 23.4 Å². The summed E-state index contributed by atoms with van der Waals surface area (Å²) in [6.07, 6.45) is 4.97. The lowest BCUT2D eigenvalue weighted by atomic mass is 9.97. The third-order valence-corrected chi connectivity index (χ3v) is 6.63. The Kier molecular flexibility index (Phi) is 5.61. The molecule has 1 aliphatic rings. The van der Waals surface area contributed by atoms with Crippen molar-refractivity contribution in [2.24, 2.45) is 0 Å². The molecule has 0 saturated carbocycles. The molecule has 1 amide bonds. The number of amides is 1. The minimum Gasteiger partial charge on any atom is -0.346 e. The molecule has 2 heterocycles. The van der Waals surface area contributed by atoms with Crippen molar-refractivity contribution in [1.29, 1.82) is 0 Å². The van der Waals surface area contributed by atoms with E-state index in [0.717, 1.165) is 41.8 Å². The van der Waals surface area contributed by atoms with Crippen LogP contribution in [0.4, 0.5) is 0 Å². The smallest absolute Gasteiger partial charge is 0.259 e. The van der Waals surface area contributed by atoms with Gasteiger partial charge in [0.15, 0.2) is 0 Å². The maximum atomic E-state index is 12.4. The van der Waals surface area contributed by atoms with Crippen molar-refractivity contribution in [3.8, 4) is 0 Å². The number of thioether (sulfide) groups is 1. The van der Waals surface area contributed by atoms with Crippen molar-refractivity contribution < 1.29 is 4.79 Å². The summed E-state index contributed by atoms with van der Waals surface area (Å²) in [7, 11) is 1.82. The monoisotopic (exact) mass is 365 g/mol. The molecular formula is C17H23N3O2S2. The summed E-state index contributed by atoms with van der Waals surface area (Å²) in [5.74, 6) is 2.25. The number of nitrogens with one attached hydrogen (secondary N) is 1. The molecule has 0 unspecified atom stereocenters. The maximum absolute atomic E-state index is 12.4. The van der Waals surface area contributed by atoms with Crippen molar-refractivity contribution in [2.75, 3.05) is 19.3 Å². The van der Waals surface area contributed by atoms with Gasteiger partial charge in [0.25, 0.3) is 5.56 Å². The summed E-state index contributed by atoms with van der Waals surface area (Å²) in [6, 6.07) is 0. The van der Waals surface area contributed by atoms with E-state index >= 15 is 0 Å². The molecule has 0 aromatic carbocycles. The Balaban J connectivity index is 1.66. The number of aryl methyl sites for hydroxylation is 2. The van der Waals surface area contributed by atoms with Crippen LogP contribution >= 0.6 is 23.1 Å². The minimum absolute atomic E-state index is 0.00297. The van der Waals surface area contributed by atoms with Gasteiger partial charge in [-0.3, -0.25) is 9.59 Å². The first-order valence-corrected chi connectivity index (χ1v) is 10.4. The first kappa shape index (κ1) is 17.5. The number of carbonyl (C=O) groups is 1. The highest BCUT2D eigenvalue weighted by Crippen LogP contribution is 2.33. The van der Waals surface area contributed by atoms with E-state index in [1.165, 1.54) is 16.9 Å². The quantitative estimate of drug-likeness (QED) is 0.799. The van der Waals surface area contributed by atoms with Gasteiger partial charge in [0.2, 0.25) is 5.91 Å². The Morgan fingerprint density at radius 1 is 1.38 bits per heavy atom. The Morgan fingerprint density at radius 2 is 2.17 bits per heavy atom. The van der Waals surface area contributed by atoms with Crippen molar-refractivity contribution in [2.45, 2.75) is 44.8 Å². The molecule has 0 radical (unpaired) electrons. The van der Waals surface area contributed by atoms with E-state index in [-0.39, 0.29) is 11.5 Å². The SMILES string of the molecule is CCN(C)C(=O)CCSCc1nc2sc3c(c2c(=O)[nH]1)CCCC3. The van der Waals surface area contributed by atoms with Gasteiger partial charge in [-0.05, 0) is 38.2 Å². The molecular weight excluding hydrogens is 342 g/mol. The minimum atomic E-state index is -0.00297. The molecule has 0 aliphatic heterocycles. The van der Waals surface area contributed by atoms with Crippen LogP contribution in [0.1, 0.15) is 42.5 Å².